The summed E-state index contributed by atoms with van der Waals surface area (Å²) in [6.45, 7) is 3.92. The van der Waals surface area contributed by atoms with Crippen molar-refractivity contribution in [2.75, 3.05) is 0 Å². The van der Waals surface area contributed by atoms with Crippen molar-refractivity contribution >= 4 is 0 Å². The second-order valence-electron chi connectivity index (χ2n) is 4.44. The maximum Gasteiger partial charge on any atom is 0.265 e. The first-order valence-corrected chi connectivity index (χ1v) is 6.31. The van der Waals surface area contributed by atoms with Crippen molar-refractivity contribution in [3.05, 3.63) is 60.2 Å². The topological polar surface area (TPSA) is 52.8 Å². The Labute approximate surface area is 116 Å². The number of benzene rings is 1. The van der Waals surface area contributed by atoms with Crippen LogP contribution in [0.1, 0.15) is 11.4 Å². The van der Waals surface area contributed by atoms with E-state index in [0.29, 0.717) is 11.7 Å². The molecule has 3 aromatic rings. The molecule has 2 heterocycles. The van der Waals surface area contributed by atoms with Gasteiger partial charge in [-0.2, -0.15) is 5.10 Å². The zero-order valence-electron chi connectivity index (χ0n) is 11.3. The molecular formula is C15H14N4O. The molecule has 0 atom stereocenters. The van der Waals surface area contributed by atoms with Gasteiger partial charge < -0.3 is 4.74 Å². The van der Waals surface area contributed by atoms with E-state index < -0.39 is 0 Å². The zero-order valence-corrected chi connectivity index (χ0v) is 11.3. The lowest BCUT2D eigenvalue weighted by atomic mass is 10.3. The van der Waals surface area contributed by atoms with E-state index in [-0.39, 0.29) is 0 Å². The number of hydrogen-bond donors (Lipinski definition) is 0. The monoisotopic (exact) mass is 266 g/mol. The minimum Gasteiger partial charge on any atom is -0.436 e. The number of para-hydroxylation sites is 1. The quantitative estimate of drug-likeness (QED) is 0.731. The molecule has 0 bridgehead atoms. The van der Waals surface area contributed by atoms with E-state index in [1.54, 1.807) is 17.1 Å². The van der Waals surface area contributed by atoms with Crippen molar-refractivity contribution in [3.63, 3.8) is 0 Å². The SMILES string of the molecule is Cc1cc(C)n(-c2nccnc2Oc2ccccc2)n1. The van der Waals surface area contributed by atoms with Crippen molar-refractivity contribution in [2.24, 2.45) is 0 Å². The Morgan fingerprint density at radius 3 is 2.45 bits per heavy atom. The van der Waals surface area contributed by atoms with E-state index in [0.717, 1.165) is 17.1 Å². The third kappa shape index (κ3) is 2.38. The second kappa shape index (κ2) is 5.13. The maximum absolute atomic E-state index is 5.79. The number of rotatable bonds is 3. The summed E-state index contributed by atoms with van der Waals surface area (Å²) in [5.41, 5.74) is 1.92. The highest BCUT2D eigenvalue weighted by Gasteiger charge is 2.13. The highest BCUT2D eigenvalue weighted by molar-refractivity contribution is 5.38. The second-order valence-corrected chi connectivity index (χ2v) is 4.44. The molecule has 0 N–H and O–H groups in total. The van der Waals surface area contributed by atoms with Crippen molar-refractivity contribution < 1.29 is 4.74 Å². The Bertz CT molecular complexity index is 722. The Kier molecular flexibility index (Phi) is 3.16. The Morgan fingerprint density at radius 2 is 1.75 bits per heavy atom. The molecule has 0 saturated heterocycles. The van der Waals surface area contributed by atoms with Gasteiger partial charge in [0, 0.05) is 18.1 Å². The lowest BCUT2D eigenvalue weighted by Crippen LogP contribution is -2.05. The summed E-state index contributed by atoms with van der Waals surface area (Å²) in [5.74, 6) is 1.74. The van der Waals surface area contributed by atoms with Crippen LogP contribution >= 0.6 is 0 Å². The highest BCUT2D eigenvalue weighted by Crippen LogP contribution is 2.24. The van der Waals surface area contributed by atoms with Crippen molar-refractivity contribution in [1.82, 2.24) is 19.7 Å². The first kappa shape index (κ1) is 12.3. The first-order chi connectivity index (χ1) is 9.74. The molecule has 0 aliphatic carbocycles. The third-order valence-electron chi connectivity index (χ3n) is 2.81. The van der Waals surface area contributed by atoms with Crippen LogP contribution in [-0.4, -0.2) is 19.7 Å². The van der Waals surface area contributed by atoms with E-state index in [2.05, 4.69) is 15.1 Å². The van der Waals surface area contributed by atoms with Gasteiger partial charge in [0.25, 0.3) is 5.88 Å². The van der Waals surface area contributed by atoms with Gasteiger partial charge in [-0.05, 0) is 32.0 Å². The molecule has 5 nitrogen and oxygen atoms in total. The van der Waals surface area contributed by atoms with Crippen LogP contribution in [0, 0.1) is 13.8 Å². The van der Waals surface area contributed by atoms with Gasteiger partial charge >= 0.3 is 0 Å². The smallest absolute Gasteiger partial charge is 0.265 e. The largest absolute Gasteiger partial charge is 0.436 e. The van der Waals surface area contributed by atoms with Gasteiger partial charge in [0.1, 0.15) is 5.75 Å². The zero-order chi connectivity index (χ0) is 13.9. The van der Waals surface area contributed by atoms with Gasteiger partial charge in [0.15, 0.2) is 0 Å². The van der Waals surface area contributed by atoms with E-state index >= 15 is 0 Å². The summed E-state index contributed by atoms with van der Waals surface area (Å²) >= 11 is 0. The van der Waals surface area contributed by atoms with Gasteiger partial charge in [-0.25, -0.2) is 14.6 Å². The number of aromatic nitrogens is 4. The van der Waals surface area contributed by atoms with Gasteiger partial charge in [0.05, 0.1) is 5.69 Å². The van der Waals surface area contributed by atoms with Crippen LogP contribution in [0.5, 0.6) is 11.6 Å². The fourth-order valence-corrected chi connectivity index (χ4v) is 1.98. The van der Waals surface area contributed by atoms with Crippen molar-refractivity contribution in [1.29, 1.82) is 0 Å². The minimum absolute atomic E-state index is 0.435. The van der Waals surface area contributed by atoms with Crippen LogP contribution in [0.2, 0.25) is 0 Å². The highest BCUT2D eigenvalue weighted by atomic mass is 16.5. The molecule has 20 heavy (non-hydrogen) atoms. The summed E-state index contributed by atoms with van der Waals surface area (Å²) in [4.78, 5) is 8.59. The van der Waals surface area contributed by atoms with Gasteiger partial charge in [-0.3, -0.25) is 0 Å². The molecule has 0 fully saturated rings. The summed E-state index contributed by atoms with van der Waals surface area (Å²) in [6.07, 6.45) is 3.23. The number of ether oxygens (including phenoxy) is 1. The molecule has 0 aliphatic rings. The predicted molar refractivity (Wildman–Crippen MR) is 75.1 cm³/mol. The third-order valence-corrected chi connectivity index (χ3v) is 2.81. The van der Waals surface area contributed by atoms with Crippen LogP contribution < -0.4 is 4.74 Å². The fourth-order valence-electron chi connectivity index (χ4n) is 1.98. The lowest BCUT2D eigenvalue weighted by Gasteiger charge is -2.09. The van der Waals surface area contributed by atoms with Crippen LogP contribution in [0.3, 0.4) is 0 Å². The molecular weight excluding hydrogens is 252 g/mol. The maximum atomic E-state index is 5.79. The molecule has 3 rings (SSSR count). The minimum atomic E-state index is 0.435. The van der Waals surface area contributed by atoms with E-state index in [9.17, 15) is 0 Å². The average Bonchev–Trinajstić information content (AvgIpc) is 2.79. The van der Waals surface area contributed by atoms with Crippen molar-refractivity contribution in [3.8, 4) is 17.4 Å². The number of nitrogens with zero attached hydrogens (tertiary/aromatic N) is 4. The molecule has 0 amide bonds. The normalized spacial score (nSPS) is 10.5. The van der Waals surface area contributed by atoms with Crippen LogP contribution in [0.4, 0.5) is 0 Å². The molecule has 5 heteroatoms. The number of aryl methyl sites for hydroxylation is 2. The molecule has 100 valence electrons. The summed E-state index contributed by atoms with van der Waals surface area (Å²) in [7, 11) is 0. The Balaban J connectivity index is 2.03. The molecule has 0 aliphatic heterocycles. The first-order valence-electron chi connectivity index (χ1n) is 6.31. The molecule has 0 saturated carbocycles. The van der Waals surface area contributed by atoms with Crippen LogP contribution in [-0.2, 0) is 0 Å². The van der Waals surface area contributed by atoms with E-state index in [4.69, 9.17) is 4.74 Å². The fraction of sp³-hybridized carbons (Fsp3) is 0.133. The van der Waals surface area contributed by atoms with Crippen molar-refractivity contribution in [2.45, 2.75) is 13.8 Å². The molecule has 0 unspecified atom stereocenters. The summed E-state index contributed by atoms with van der Waals surface area (Å²) in [5, 5.41) is 4.42. The summed E-state index contributed by atoms with van der Waals surface area (Å²) in [6, 6.07) is 11.5. The van der Waals surface area contributed by atoms with E-state index in [1.165, 1.54) is 0 Å². The Morgan fingerprint density at radius 1 is 1.00 bits per heavy atom. The molecule has 0 radical (unpaired) electrons. The van der Waals surface area contributed by atoms with E-state index in [1.807, 2.05) is 50.2 Å². The predicted octanol–water partition coefficient (Wildman–Crippen LogP) is 3.07. The van der Waals surface area contributed by atoms with Crippen LogP contribution in [0.25, 0.3) is 5.82 Å². The molecule has 0 spiro atoms. The van der Waals surface area contributed by atoms with Gasteiger partial charge in [-0.15, -0.1) is 0 Å². The van der Waals surface area contributed by atoms with Crippen LogP contribution in [0.15, 0.2) is 48.8 Å². The lowest BCUT2D eigenvalue weighted by molar-refractivity contribution is 0.454. The molecule has 2 aromatic heterocycles. The standard InChI is InChI=1S/C15H14N4O/c1-11-10-12(2)19(18-11)14-15(17-9-8-16-14)20-13-6-4-3-5-7-13/h3-10H,1-2H3. The summed E-state index contributed by atoms with van der Waals surface area (Å²) < 4.78 is 7.53. The Hall–Kier alpha value is -2.69. The van der Waals surface area contributed by atoms with Gasteiger partial charge in [0.2, 0.25) is 5.82 Å². The molecule has 1 aromatic carbocycles. The average molecular weight is 266 g/mol. The van der Waals surface area contributed by atoms with Gasteiger partial charge in [-0.1, -0.05) is 18.2 Å². The number of hydrogen-bond acceptors (Lipinski definition) is 4.